The highest BCUT2D eigenvalue weighted by atomic mass is 16.4. The van der Waals surface area contributed by atoms with Crippen LogP contribution >= 0.6 is 0 Å². The zero-order chi connectivity index (χ0) is 18.6. The second-order valence-electron chi connectivity index (χ2n) is 7.56. The lowest BCUT2D eigenvalue weighted by molar-refractivity contribution is -0.142. The van der Waals surface area contributed by atoms with Crippen LogP contribution in [0, 0.1) is 5.92 Å². The standard InChI is InChI=1S/C19H26N2O4/c1-19(2,3)13-9-7-12(8-10-13)17(23)20-11-16(22)21-15-6-4-5-14(15)18(24)25/h7-10,14-15H,4-6,11H2,1-3H3,(H,20,23)(H,21,22)(H,24,25)/t14-,15+/m0/s1. The zero-order valence-corrected chi connectivity index (χ0v) is 15.0. The lowest BCUT2D eigenvalue weighted by atomic mass is 9.87. The summed E-state index contributed by atoms with van der Waals surface area (Å²) < 4.78 is 0. The van der Waals surface area contributed by atoms with Crippen molar-refractivity contribution in [3.63, 3.8) is 0 Å². The Labute approximate surface area is 148 Å². The van der Waals surface area contributed by atoms with Gasteiger partial charge in [0.2, 0.25) is 5.91 Å². The molecule has 2 atom stereocenters. The predicted octanol–water partition coefficient (Wildman–Crippen LogP) is 2.08. The molecule has 1 aromatic rings. The Morgan fingerprint density at radius 2 is 1.76 bits per heavy atom. The Morgan fingerprint density at radius 1 is 1.12 bits per heavy atom. The number of rotatable bonds is 5. The van der Waals surface area contributed by atoms with Gasteiger partial charge in [0.15, 0.2) is 0 Å². The molecule has 6 heteroatoms. The van der Waals surface area contributed by atoms with E-state index in [4.69, 9.17) is 5.11 Å². The fourth-order valence-electron chi connectivity index (χ4n) is 3.07. The molecule has 136 valence electrons. The highest BCUT2D eigenvalue weighted by molar-refractivity contribution is 5.96. The van der Waals surface area contributed by atoms with Crippen molar-refractivity contribution in [3.05, 3.63) is 35.4 Å². The van der Waals surface area contributed by atoms with Crippen LogP contribution < -0.4 is 10.6 Å². The molecular formula is C19H26N2O4. The van der Waals surface area contributed by atoms with Crippen molar-refractivity contribution < 1.29 is 19.5 Å². The molecule has 0 heterocycles. The topological polar surface area (TPSA) is 95.5 Å². The molecule has 1 aromatic carbocycles. The first-order valence-electron chi connectivity index (χ1n) is 8.59. The van der Waals surface area contributed by atoms with Crippen LogP contribution in [0.1, 0.15) is 56.0 Å². The van der Waals surface area contributed by atoms with Crippen molar-refractivity contribution in [2.24, 2.45) is 5.92 Å². The van der Waals surface area contributed by atoms with Crippen molar-refractivity contribution >= 4 is 17.8 Å². The van der Waals surface area contributed by atoms with Gasteiger partial charge in [0.05, 0.1) is 12.5 Å². The number of nitrogens with one attached hydrogen (secondary N) is 2. The number of benzene rings is 1. The molecule has 0 spiro atoms. The van der Waals surface area contributed by atoms with Gasteiger partial charge in [0.25, 0.3) is 5.91 Å². The molecule has 0 unspecified atom stereocenters. The molecule has 1 aliphatic rings. The van der Waals surface area contributed by atoms with Gasteiger partial charge in [-0.25, -0.2) is 0 Å². The molecular weight excluding hydrogens is 320 g/mol. The Balaban J connectivity index is 1.85. The van der Waals surface area contributed by atoms with E-state index in [2.05, 4.69) is 31.4 Å². The summed E-state index contributed by atoms with van der Waals surface area (Å²) in [4.78, 5) is 35.2. The minimum atomic E-state index is -0.884. The SMILES string of the molecule is CC(C)(C)c1ccc(C(=O)NCC(=O)N[C@@H]2CCC[C@@H]2C(=O)O)cc1. The quantitative estimate of drug-likeness (QED) is 0.761. The third-order valence-electron chi connectivity index (χ3n) is 4.60. The van der Waals surface area contributed by atoms with E-state index in [-0.39, 0.29) is 29.8 Å². The van der Waals surface area contributed by atoms with Crippen LogP contribution in [0.5, 0.6) is 0 Å². The van der Waals surface area contributed by atoms with Crippen molar-refractivity contribution in [2.75, 3.05) is 6.54 Å². The number of hydrogen-bond donors (Lipinski definition) is 3. The molecule has 2 amide bonds. The van der Waals surface area contributed by atoms with Gasteiger partial charge in [-0.05, 0) is 36.0 Å². The van der Waals surface area contributed by atoms with Gasteiger partial charge in [-0.15, -0.1) is 0 Å². The molecule has 1 saturated carbocycles. The van der Waals surface area contributed by atoms with E-state index in [1.807, 2.05) is 12.1 Å². The molecule has 0 radical (unpaired) electrons. The van der Waals surface area contributed by atoms with Crippen LogP contribution in [0.25, 0.3) is 0 Å². The lowest BCUT2D eigenvalue weighted by Crippen LogP contribution is -2.44. The summed E-state index contributed by atoms with van der Waals surface area (Å²) in [5, 5.41) is 14.4. The third kappa shape index (κ3) is 5.05. The normalized spacial score (nSPS) is 20.1. The molecule has 25 heavy (non-hydrogen) atoms. The molecule has 0 saturated heterocycles. The number of carboxylic acids is 1. The van der Waals surface area contributed by atoms with Gasteiger partial charge in [-0.3, -0.25) is 14.4 Å². The number of hydrogen-bond acceptors (Lipinski definition) is 3. The number of carbonyl (C=O) groups excluding carboxylic acids is 2. The van der Waals surface area contributed by atoms with Gasteiger partial charge >= 0.3 is 5.97 Å². The Kier molecular flexibility index (Phi) is 5.82. The summed E-state index contributed by atoms with van der Waals surface area (Å²) in [6.07, 6.45) is 2.02. The van der Waals surface area contributed by atoms with Gasteiger partial charge in [0, 0.05) is 11.6 Å². The first kappa shape index (κ1) is 19.0. The zero-order valence-electron chi connectivity index (χ0n) is 15.0. The number of aliphatic carboxylic acids is 1. The van der Waals surface area contributed by atoms with E-state index in [9.17, 15) is 14.4 Å². The Morgan fingerprint density at radius 3 is 2.32 bits per heavy atom. The maximum absolute atomic E-state index is 12.1. The fourth-order valence-corrected chi connectivity index (χ4v) is 3.07. The Bertz CT molecular complexity index is 646. The lowest BCUT2D eigenvalue weighted by Gasteiger charge is -2.19. The summed E-state index contributed by atoms with van der Waals surface area (Å²) in [5.74, 6) is -2.11. The number of carboxylic acid groups (broad SMARTS) is 1. The van der Waals surface area contributed by atoms with E-state index in [0.29, 0.717) is 18.4 Å². The second kappa shape index (κ2) is 7.68. The highest BCUT2D eigenvalue weighted by Crippen LogP contribution is 2.25. The van der Waals surface area contributed by atoms with Crippen molar-refractivity contribution in [1.82, 2.24) is 10.6 Å². The molecule has 2 rings (SSSR count). The fraction of sp³-hybridized carbons (Fsp3) is 0.526. The molecule has 0 aromatic heterocycles. The first-order chi connectivity index (χ1) is 11.7. The summed E-state index contributed by atoms with van der Waals surface area (Å²) in [5.41, 5.74) is 1.63. The highest BCUT2D eigenvalue weighted by Gasteiger charge is 2.33. The maximum Gasteiger partial charge on any atom is 0.308 e. The molecule has 0 aliphatic heterocycles. The first-order valence-corrected chi connectivity index (χ1v) is 8.59. The van der Waals surface area contributed by atoms with E-state index in [0.717, 1.165) is 12.0 Å². The molecule has 0 bridgehead atoms. The van der Waals surface area contributed by atoms with Crippen molar-refractivity contribution in [1.29, 1.82) is 0 Å². The third-order valence-corrected chi connectivity index (χ3v) is 4.60. The number of amides is 2. The predicted molar refractivity (Wildman–Crippen MR) is 94.4 cm³/mol. The summed E-state index contributed by atoms with van der Waals surface area (Å²) in [7, 11) is 0. The summed E-state index contributed by atoms with van der Waals surface area (Å²) >= 11 is 0. The molecule has 3 N–H and O–H groups in total. The van der Waals surface area contributed by atoms with Gasteiger partial charge in [-0.1, -0.05) is 39.3 Å². The van der Waals surface area contributed by atoms with Crippen LogP contribution in [0.4, 0.5) is 0 Å². The molecule has 6 nitrogen and oxygen atoms in total. The largest absolute Gasteiger partial charge is 0.481 e. The minimum absolute atomic E-state index is 0.0108. The van der Waals surface area contributed by atoms with Crippen LogP contribution in [-0.2, 0) is 15.0 Å². The van der Waals surface area contributed by atoms with Crippen LogP contribution in [0.15, 0.2) is 24.3 Å². The smallest absolute Gasteiger partial charge is 0.308 e. The van der Waals surface area contributed by atoms with E-state index in [1.165, 1.54) is 0 Å². The average molecular weight is 346 g/mol. The van der Waals surface area contributed by atoms with E-state index >= 15 is 0 Å². The monoisotopic (exact) mass is 346 g/mol. The van der Waals surface area contributed by atoms with Gasteiger partial charge in [-0.2, -0.15) is 0 Å². The van der Waals surface area contributed by atoms with Crippen LogP contribution in [0.2, 0.25) is 0 Å². The van der Waals surface area contributed by atoms with E-state index in [1.54, 1.807) is 12.1 Å². The molecule has 1 fully saturated rings. The van der Waals surface area contributed by atoms with Gasteiger partial charge < -0.3 is 15.7 Å². The van der Waals surface area contributed by atoms with Crippen molar-refractivity contribution in [3.8, 4) is 0 Å². The minimum Gasteiger partial charge on any atom is -0.481 e. The van der Waals surface area contributed by atoms with Crippen molar-refractivity contribution in [2.45, 2.75) is 51.5 Å². The second-order valence-corrected chi connectivity index (χ2v) is 7.56. The maximum atomic E-state index is 12.1. The number of carbonyl (C=O) groups is 3. The van der Waals surface area contributed by atoms with Crippen LogP contribution in [0.3, 0.4) is 0 Å². The summed E-state index contributed by atoms with van der Waals surface area (Å²) in [6, 6.07) is 6.94. The Hall–Kier alpha value is -2.37. The summed E-state index contributed by atoms with van der Waals surface area (Å²) in [6.45, 7) is 6.13. The van der Waals surface area contributed by atoms with E-state index < -0.39 is 11.9 Å². The average Bonchev–Trinajstić information content (AvgIpc) is 3.00. The van der Waals surface area contributed by atoms with Gasteiger partial charge in [0.1, 0.15) is 0 Å². The van der Waals surface area contributed by atoms with Crippen LogP contribution in [-0.4, -0.2) is 35.5 Å². The molecule has 1 aliphatic carbocycles.